The molecular formula is C11H14N2O2S. The summed E-state index contributed by atoms with van der Waals surface area (Å²) in [6.07, 6.45) is 0. The lowest BCUT2D eigenvalue weighted by Gasteiger charge is -2.10. The molecule has 1 fully saturated rings. The van der Waals surface area contributed by atoms with E-state index in [-0.39, 0.29) is 6.61 Å². The van der Waals surface area contributed by atoms with E-state index in [0.717, 1.165) is 12.3 Å². The second-order valence-corrected chi connectivity index (χ2v) is 4.74. The van der Waals surface area contributed by atoms with Gasteiger partial charge in [0.1, 0.15) is 5.75 Å². The molecule has 3 N–H and O–H groups in total. The number of carbonyl (C=O) groups is 1. The molecule has 4 nitrogen and oxygen atoms in total. The van der Waals surface area contributed by atoms with Crippen LogP contribution in [0.2, 0.25) is 0 Å². The van der Waals surface area contributed by atoms with Crippen LogP contribution in [0.25, 0.3) is 0 Å². The number of hydrogen-bond donors (Lipinski definition) is 2. The molecule has 1 aliphatic rings. The standard InChI is InChI=1S/C11H14N2O2S/c12-10(14)7-15-9-3-1-8(2-4-9)11-13-5-6-16-11/h1-4,11,13H,5-7H2,(H2,12,14). The van der Waals surface area contributed by atoms with Gasteiger partial charge in [0, 0.05) is 12.3 Å². The van der Waals surface area contributed by atoms with Crippen molar-refractivity contribution in [3.8, 4) is 5.75 Å². The number of nitrogens with one attached hydrogen (secondary N) is 1. The van der Waals surface area contributed by atoms with Gasteiger partial charge in [0.2, 0.25) is 0 Å². The number of nitrogens with two attached hydrogens (primary N) is 1. The SMILES string of the molecule is NC(=O)COc1ccc(C2NCCS2)cc1. The van der Waals surface area contributed by atoms with E-state index in [0.29, 0.717) is 11.1 Å². The van der Waals surface area contributed by atoms with Gasteiger partial charge in [0.05, 0.1) is 5.37 Å². The Labute approximate surface area is 98.5 Å². The van der Waals surface area contributed by atoms with E-state index in [1.807, 2.05) is 36.0 Å². The summed E-state index contributed by atoms with van der Waals surface area (Å²) in [5, 5.41) is 3.77. The predicted molar refractivity (Wildman–Crippen MR) is 64.3 cm³/mol. The summed E-state index contributed by atoms with van der Waals surface area (Å²) in [5.74, 6) is 1.35. The van der Waals surface area contributed by atoms with Crippen LogP contribution in [0.4, 0.5) is 0 Å². The second-order valence-electron chi connectivity index (χ2n) is 3.53. The highest BCUT2D eigenvalue weighted by atomic mass is 32.2. The lowest BCUT2D eigenvalue weighted by atomic mass is 10.2. The van der Waals surface area contributed by atoms with Gasteiger partial charge >= 0.3 is 0 Å². The number of benzene rings is 1. The first-order valence-corrected chi connectivity index (χ1v) is 6.16. The van der Waals surface area contributed by atoms with Crippen LogP contribution in [0, 0.1) is 0 Å². The highest BCUT2D eigenvalue weighted by Crippen LogP contribution is 2.30. The Morgan fingerprint density at radius 1 is 1.50 bits per heavy atom. The van der Waals surface area contributed by atoms with Gasteiger partial charge < -0.3 is 15.8 Å². The monoisotopic (exact) mass is 238 g/mol. The van der Waals surface area contributed by atoms with Crippen molar-refractivity contribution in [2.75, 3.05) is 18.9 Å². The number of thioether (sulfide) groups is 1. The fraction of sp³-hybridized carbons (Fsp3) is 0.364. The molecule has 0 saturated carbocycles. The summed E-state index contributed by atoms with van der Waals surface area (Å²) in [6, 6.07) is 7.73. The zero-order valence-corrected chi connectivity index (χ0v) is 9.63. The van der Waals surface area contributed by atoms with Crippen molar-refractivity contribution in [3.05, 3.63) is 29.8 Å². The maximum absolute atomic E-state index is 10.5. The van der Waals surface area contributed by atoms with E-state index in [4.69, 9.17) is 10.5 Å². The molecular weight excluding hydrogens is 224 g/mol. The van der Waals surface area contributed by atoms with Crippen LogP contribution < -0.4 is 15.8 Å². The normalized spacial score (nSPS) is 19.6. The largest absolute Gasteiger partial charge is 0.484 e. The van der Waals surface area contributed by atoms with Crippen molar-refractivity contribution >= 4 is 17.7 Å². The maximum atomic E-state index is 10.5. The average molecular weight is 238 g/mol. The van der Waals surface area contributed by atoms with Crippen molar-refractivity contribution in [2.45, 2.75) is 5.37 Å². The van der Waals surface area contributed by atoms with Gasteiger partial charge in [-0.15, -0.1) is 11.8 Å². The first-order valence-electron chi connectivity index (χ1n) is 5.12. The Bertz CT molecular complexity index is 361. The highest BCUT2D eigenvalue weighted by molar-refractivity contribution is 7.99. The van der Waals surface area contributed by atoms with Gasteiger partial charge in [0.15, 0.2) is 6.61 Å². The molecule has 0 aromatic heterocycles. The topological polar surface area (TPSA) is 64.4 Å². The molecule has 1 aromatic rings. The second kappa shape index (κ2) is 5.23. The fourth-order valence-corrected chi connectivity index (χ4v) is 2.59. The molecule has 1 heterocycles. The van der Waals surface area contributed by atoms with Crippen LogP contribution in [0.1, 0.15) is 10.9 Å². The van der Waals surface area contributed by atoms with Gasteiger partial charge in [-0.05, 0) is 17.7 Å². The summed E-state index contributed by atoms with van der Waals surface area (Å²) in [5.41, 5.74) is 6.22. The molecule has 1 aromatic carbocycles. The highest BCUT2D eigenvalue weighted by Gasteiger charge is 2.16. The van der Waals surface area contributed by atoms with Crippen molar-refractivity contribution in [1.82, 2.24) is 5.32 Å². The van der Waals surface area contributed by atoms with Crippen molar-refractivity contribution in [2.24, 2.45) is 5.73 Å². The molecule has 1 saturated heterocycles. The Morgan fingerprint density at radius 3 is 2.81 bits per heavy atom. The van der Waals surface area contributed by atoms with E-state index < -0.39 is 5.91 Å². The third-order valence-corrected chi connectivity index (χ3v) is 3.49. The summed E-state index contributed by atoms with van der Waals surface area (Å²) in [7, 11) is 0. The number of hydrogen-bond acceptors (Lipinski definition) is 4. The van der Waals surface area contributed by atoms with Crippen molar-refractivity contribution in [3.63, 3.8) is 0 Å². The van der Waals surface area contributed by atoms with Gasteiger partial charge in [-0.3, -0.25) is 4.79 Å². The van der Waals surface area contributed by atoms with Gasteiger partial charge in [-0.25, -0.2) is 0 Å². The van der Waals surface area contributed by atoms with Crippen LogP contribution in [0.3, 0.4) is 0 Å². The molecule has 1 aliphatic heterocycles. The van der Waals surface area contributed by atoms with E-state index in [1.165, 1.54) is 5.56 Å². The molecule has 5 heteroatoms. The average Bonchev–Trinajstić information content (AvgIpc) is 2.80. The molecule has 0 spiro atoms. The first-order chi connectivity index (χ1) is 7.75. The quantitative estimate of drug-likeness (QED) is 0.817. The number of ether oxygens (including phenoxy) is 1. The van der Waals surface area contributed by atoms with Crippen LogP contribution in [0.15, 0.2) is 24.3 Å². The molecule has 16 heavy (non-hydrogen) atoms. The van der Waals surface area contributed by atoms with Crippen molar-refractivity contribution in [1.29, 1.82) is 0 Å². The zero-order valence-electron chi connectivity index (χ0n) is 8.81. The predicted octanol–water partition coefficient (Wildman–Crippen LogP) is 0.886. The number of amides is 1. The Balaban J connectivity index is 1.95. The lowest BCUT2D eigenvalue weighted by Crippen LogP contribution is -2.20. The molecule has 1 amide bonds. The van der Waals surface area contributed by atoms with Crippen molar-refractivity contribution < 1.29 is 9.53 Å². The minimum atomic E-state index is -0.461. The van der Waals surface area contributed by atoms with Crippen LogP contribution in [-0.2, 0) is 4.79 Å². The minimum Gasteiger partial charge on any atom is -0.484 e. The van der Waals surface area contributed by atoms with Crippen LogP contribution in [-0.4, -0.2) is 24.8 Å². The molecule has 0 radical (unpaired) electrons. The Kier molecular flexibility index (Phi) is 3.69. The third-order valence-electron chi connectivity index (χ3n) is 2.28. The zero-order chi connectivity index (χ0) is 11.4. The minimum absolute atomic E-state index is 0.0736. The molecule has 86 valence electrons. The maximum Gasteiger partial charge on any atom is 0.255 e. The van der Waals surface area contributed by atoms with E-state index in [1.54, 1.807) is 0 Å². The van der Waals surface area contributed by atoms with E-state index >= 15 is 0 Å². The van der Waals surface area contributed by atoms with E-state index in [9.17, 15) is 4.79 Å². The summed E-state index contributed by atoms with van der Waals surface area (Å²) in [4.78, 5) is 10.5. The molecule has 2 rings (SSSR count). The lowest BCUT2D eigenvalue weighted by molar-refractivity contribution is -0.119. The molecule has 0 bridgehead atoms. The number of primary amides is 1. The Morgan fingerprint density at radius 2 is 2.25 bits per heavy atom. The van der Waals surface area contributed by atoms with Crippen LogP contribution in [0.5, 0.6) is 5.75 Å². The van der Waals surface area contributed by atoms with Gasteiger partial charge in [0.25, 0.3) is 5.91 Å². The summed E-state index contributed by atoms with van der Waals surface area (Å²) >= 11 is 1.89. The van der Waals surface area contributed by atoms with Gasteiger partial charge in [-0.2, -0.15) is 0 Å². The van der Waals surface area contributed by atoms with Gasteiger partial charge in [-0.1, -0.05) is 12.1 Å². The van der Waals surface area contributed by atoms with E-state index in [2.05, 4.69) is 5.32 Å². The first kappa shape index (κ1) is 11.3. The molecule has 1 unspecified atom stereocenters. The summed E-state index contributed by atoms with van der Waals surface area (Å²) in [6.45, 7) is 0.977. The fourth-order valence-electron chi connectivity index (χ4n) is 1.53. The smallest absolute Gasteiger partial charge is 0.255 e. The third kappa shape index (κ3) is 2.90. The van der Waals surface area contributed by atoms with Crippen LogP contribution >= 0.6 is 11.8 Å². The summed E-state index contributed by atoms with van der Waals surface area (Å²) < 4.78 is 5.18. The molecule has 1 atom stereocenters. The Hall–Kier alpha value is -1.20. The molecule has 0 aliphatic carbocycles. The number of carbonyl (C=O) groups excluding carboxylic acids is 1. The number of rotatable bonds is 4.